The fraction of sp³-hybridized carbons (Fsp3) is 0.118. The maximum absolute atomic E-state index is 11.1. The summed E-state index contributed by atoms with van der Waals surface area (Å²) in [6, 6.07) is 11.3. The third-order valence-electron chi connectivity index (χ3n) is 3.26. The number of hydrogen-bond acceptors (Lipinski definition) is 5. The van der Waals surface area contributed by atoms with Crippen molar-refractivity contribution in [2.24, 2.45) is 10.1 Å². The Bertz CT molecular complexity index is 983. The Morgan fingerprint density at radius 1 is 1.24 bits per heavy atom. The van der Waals surface area contributed by atoms with Crippen LogP contribution in [0.3, 0.4) is 0 Å². The lowest BCUT2D eigenvalue weighted by molar-refractivity contribution is -0.114. The second-order valence-electron chi connectivity index (χ2n) is 5.09. The van der Waals surface area contributed by atoms with E-state index in [1.165, 1.54) is 29.6 Å². The number of thiazole rings is 1. The van der Waals surface area contributed by atoms with Crippen LogP contribution >= 0.6 is 34.3 Å². The number of benzene rings is 1. The van der Waals surface area contributed by atoms with Gasteiger partial charge in [-0.05, 0) is 29.8 Å². The first kappa shape index (κ1) is 17.6. The minimum atomic E-state index is -0.0938. The third kappa shape index (κ3) is 4.25. The molecule has 0 aliphatic carbocycles. The van der Waals surface area contributed by atoms with E-state index in [2.05, 4.69) is 15.4 Å². The lowest BCUT2D eigenvalue weighted by Gasteiger charge is -2.02. The zero-order chi connectivity index (χ0) is 17.8. The SMILES string of the molecule is CN=c1scc(-c2ccc(Cl)s2)n1/N=C/c1ccc(NC(C)=O)cc1. The second kappa shape index (κ2) is 7.77. The molecule has 0 saturated heterocycles. The second-order valence-corrected chi connectivity index (χ2v) is 7.64. The van der Waals surface area contributed by atoms with Gasteiger partial charge in [-0.25, -0.2) is 4.68 Å². The number of amides is 1. The maximum Gasteiger partial charge on any atom is 0.221 e. The fourth-order valence-electron chi connectivity index (χ4n) is 2.17. The van der Waals surface area contributed by atoms with Crippen LogP contribution in [0.25, 0.3) is 10.6 Å². The summed E-state index contributed by atoms with van der Waals surface area (Å²) in [6.45, 7) is 1.48. The normalized spacial score (nSPS) is 12.0. The predicted molar refractivity (Wildman–Crippen MR) is 106 cm³/mol. The third-order valence-corrected chi connectivity index (χ3v) is 5.42. The van der Waals surface area contributed by atoms with Crippen molar-refractivity contribution in [1.29, 1.82) is 0 Å². The number of anilines is 1. The Morgan fingerprint density at radius 2 is 2.00 bits per heavy atom. The van der Waals surface area contributed by atoms with Crippen LogP contribution in [0.15, 0.2) is 51.9 Å². The molecule has 1 N–H and O–H groups in total. The highest BCUT2D eigenvalue weighted by atomic mass is 35.5. The van der Waals surface area contributed by atoms with Crippen molar-refractivity contribution >= 4 is 52.1 Å². The van der Waals surface area contributed by atoms with Gasteiger partial charge in [0.1, 0.15) is 0 Å². The topological polar surface area (TPSA) is 58.8 Å². The van der Waals surface area contributed by atoms with Gasteiger partial charge in [-0.15, -0.1) is 22.7 Å². The van der Waals surface area contributed by atoms with Crippen LogP contribution in [0, 0.1) is 0 Å². The van der Waals surface area contributed by atoms with Gasteiger partial charge in [-0.1, -0.05) is 23.7 Å². The summed E-state index contributed by atoms with van der Waals surface area (Å²) >= 11 is 9.07. The van der Waals surface area contributed by atoms with Crippen LogP contribution in [0.1, 0.15) is 12.5 Å². The molecule has 0 atom stereocenters. The van der Waals surface area contributed by atoms with Gasteiger partial charge in [-0.2, -0.15) is 5.10 Å². The van der Waals surface area contributed by atoms with E-state index >= 15 is 0 Å². The zero-order valence-electron chi connectivity index (χ0n) is 13.6. The number of nitrogens with zero attached hydrogens (tertiary/aromatic N) is 3. The van der Waals surface area contributed by atoms with Crippen LogP contribution in [-0.2, 0) is 4.79 Å². The Morgan fingerprint density at radius 3 is 2.60 bits per heavy atom. The van der Waals surface area contributed by atoms with Crippen LogP contribution in [0.2, 0.25) is 4.34 Å². The molecule has 1 amide bonds. The van der Waals surface area contributed by atoms with Gasteiger partial charge in [0.25, 0.3) is 0 Å². The smallest absolute Gasteiger partial charge is 0.221 e. The van der Waals surface area contributed by atoms with Crippen LogP contribution in [0.5, 0.6) is 0 Å². The number of carbonyl (C=O) groups is 1. The Kier molecular flexibility index (Phi) is 5.47. The molecule has 0 bridgehead atoms. The van der Waals surface area contributed by atoms with Crippen molar-refractivity contribution in [3.8, 4) is 10.6 Å². The summed E-state index contributed by atoms with van der Waals surface area (Å²) in [5.74, 6) is -0.0938. The number of hydrogen-bond donors (Lipinski definition) is 1. The summed E-state index contributed by atoms with van der Waals surface area (Å²) in [6.07, 6.45) is 1.76. The van der Waals surface area contributed by atoms with E-state index in [0.717, 1.165) is 31.0 Å². The summed E-state index contributed by atoms with van der Waals surface area (Å²) < 4.78 is 2.54. The predicted octanol–water partition coefficient (Wildman–Crippen LogP) is 4.30. The van der Waals surface area contributed by atoms with E-state index in [1.807, 2.05) is 41.8 Å². The average Bonchev–Trinajstić information content (AvgIpc) is 3.19. The standard InChI is InChI=1S/C17H15ClN4OS2/c1-11(23)21-13-5-3-12(4-6-13)9-20-22-14(10-24-17(22)19-2)15-7-8-16(18)25-15/h3-10H,1-2H3,(H,21,23)/b19-17?,20-9+. The first-order valence-electron chi connectivity index (χ1n) is 7.38. The average molecular weight is 391 g/mol. The van der Waals surface area contributed by atoms with Crippen LogP contribution < -0.4 is 10.1 Å². The fourth-order valence-corrected chi connectivity index (χ4v) is 4.08. The summed E-state index contributed by atoms with van der Waals surface area (Å²) in [5, 5.41) is 9.32. The molecule has 128 valence electrons. The molecule has 5 nitrogen and oxygen atoms in total. The molecular weight excluding hydrogens is 376 g/mol. The van der Waals surface area contributed by atoms with Crippen molar-refractivity contribution in [2.45, 2.75) is 6.92 Å². The van der Waals surface area contributed by atoms with Crippen LogP contribution in [-0.4, -0.2) is 23.8 Å². The summed E-state index contributed by atoms with van der Waals surface area (Å²) in [7, 11) is 1.74. The molecule has 0 saturated carbocycles. The number of aromatic nitrogens is 1. The van der Waals surface area contributed by atoms with Crippen molar-refractivity contribution in [3.63, 3.8) is 0 Å². The van der Waals surface area contributed by atoms with Crippen molar-refractivity contribution < 1.29 is 4.79 Å². The van der Waals surface area contributed by atoms with Crippen molar-refractivity contribution in [3.05, 3.63) is 56.5 Å². The molecule has 3 aromatic rings. The minimum absolute atomic E-state index is 0.0938. The molecule has 0 radical (unpaired) electrons. The highest BCUT2D eigenvalue weighted by Crippen LogP contribution is 2.31. The Hall–Kier alpha value is -2.22. The van der Waals surface area contributed by atoms with E-state index in [4.69, 9.17) is 11.6 Å². The zero-order valence-corrected chi connectivity index (χ0v) is 16.0. The highest BCUT2D eigenvalue weighted by Gasteiger charge is 2.09. The van der Waals surface area contributed by atoms with Gasteiger partial charge in [-0.3, -0.25) is 9.79 Å². The van der Waals surface area contributed by atoms with Gasteiger partial charge >= 0.3 is 0 Å². The molecular formula is C17H15ClN4OS2. The van der Waals surface area contributed by atoms with E-state index in [0.29, 0.717) is 0 Å². The number of nitrogens with one attached hydrogen (secondary N) is 1. The first-order valence-corrected chi connectivity index (χ1v) is 9.45. The van der Waals surface area contributed by atoms with E-state index in [9.17, 15) is 4.79 Å². The van der Waals surface area contributed by atoms with Gasteiger partial charge < -0.3 is 5.32 Å². The molecule has 3 rings (SSSR count). The largest absolute Gasteiger partial charge is 0.326 e. The minimum Gasteiger partial charge on any atom is -0.326 e. The van der Waals surface area contributed by atoms with E-state index in [-0.39, 0.29) is 5.91 Å². The molecule has 25 heavy (non-hydrogen) atoms. The molecule has 0 unspecified atom stereocenters. The highest BCUT2D eigenvalue weighted by molar-refractivity contribution is 7.19. The number of halogens is 1. The Balaban J connectivity index is 1.91. The lowest BCUT2D eigenvalue weighted by Crippen LogP contribution is -2.11. The van der Waals surface area contributed by atoms with Crippen molar-refractivity contribution in [1.82, 2.24) is 4.68 Å². The lowest BCUT2D eigenvalue weighted by atomic mass is 10.2. The number of rotatable bonds is 4. The maximum atomic E-state index is 11.1. The molecule has 0 aliphatic rings. The van der Waals surface area contributed by atoms with Gasteiger partial charge in [0.05, 0.1) is 21.1 Å². The van der Waals surface area contributed by atoms with Gasteiger partial charge in [0.15, 0.2) is 0 Å². The molecule has 0 aliphatic heterocycles. The molecule has 2 heterocycles. The molecule has 0 spiro atoms. The molecule has 0 fully saturated rings. The van der Waals surface area contributed by atoms with E-state index in [1.54, 1.807) is 17.9 Å². The number of thiophene rings is 1. The van der Waals surface area contributed by atoms with Crippen molar-refractivity contribution in [2.75, 3.05) is 12.4 Å². The van der Waals surface area contributed by atoms with Gasteiger partial charge in [0, 0.05) is 25.0 Å². The summed E-state index contributed by atoms with van der Waals surface area (Å²) in [5.41, 5.74) is 2.63. The number of carbonyl (C=O) groups excluding carboxylic acids is 1. The Labute approximate surface area is 157 Å². The first-order chi connectivity index (χ1) is 12.1. The molecule has 2 aromatic heterocycles. The van der Waals surface area contributed by atoms with Crippen LogP contribution in [0.4, 0.5) is 5.69 Å². The molecule has 1 aromatic carbocycles. The van der Waals surface area contributed by atoms with E-state index < -0.39 is 0 Å². The van der Waals surface area contributed by atoms with Gasteiger partial charge in [0.2, 0.25) is 10.7 Å². The molecule has 8 heteroatoms. The summed E-state index contributed by atoms with van der Waals surface area (Å²) in [4.78, 5) is 17.2. The monoisotopic (exact) mass is 390 g/mol. The quantitative estimate of drug-likeness (QED) is 0.663.